The topological polar surface area (TPSA) is 75.6 Å². The number of hydrogen-bond donors (Lipinski definition) is 2. The molecule has 0 saturated heterocycles. The van der Waals surface area contributed by atoms with Crippen LogP contribution in [0.25, 0.3) is 0 Å². The third-order valence-corrected chi connectivity index (χ3v) is 3.60. The molecule has 0 aliphatic rings. The zero-order valence-electron chi connectivity index (χ0n) is 13.5. The number of carbonyl (C=O) groups is 2. The number of halogens is 2. The number of benzene rings is 2. The largest absolute Gasteiger partial charge is 0.497 e. The van der Waals surface area contributed by atoms with Crippen LogP contribution in [0.1, 0.15) is 11.1 Å². The van der Waals surface area contributed by atoms with E-state index in [0.717, 1.165) is 12.1 Å². The molecule has 1 atom stereocenters. The van der Waals surface area contributed by atoms with E-state index >= 15 is 0 Å². The number of carboxylic acid groups (broad SMARTS) is 1. The van der Waals surface area contributed by atoms with Crippen LogP contribution in [0.3, 0.4) is 0 Å². The summed E-state index contributed by atoms with van der Waals surface area (Å²) in [5.41, 5.74) is 0.689. The van der Waals surface area contributed by atoms with Crippen molar-refractivity contribution in [2.24, 2.45) is 0 Å². The van der Waals surface area contributed by atoms with E-state index in [4.69, 9.17) is 4.74 Å². The molecular weight excluding hydrogens is 332 g/mol. The first-order chi connectivity index (χ1) is 11.9. The molecule has 0 bridgehead atoms. The Balaban J connectivity index is 2.02. The summed E-state index contributed by atoms with van der Waals surface area (Å²) in [6, 6.07) is 8.47. The van der Waals surface area contributed by atoms with Crippen LogP contribution >= 0.6 is 0 Å². The van der Waals surface area contributed by atoms with Gasteiger partial charge in [-0.15, -0.1) is 0 Å². The SMILES string of the molecule is COc1ccc(C[C@@H](NC(=O)Cc2ccc(F)cc2F)C(=O)O)cc1. The highest BCUT2D eigenvalue weighted by atomic mass is 19.1. The summed E-state index contributed by atoms with van der Waals surface area (Å²) in [6.45, 7) is 0. The van der Waals surface area contributed by atoms with E-state index in [1.165, 1.54) is 7.11 Å². The minimum Gasteiger partial charge on any atom is -0.497 e. The van der Waals surface area contributed by atoms with Gasteiger partial charge >= 0.3 is 5.97 Å². The van der Waals surface area contributed by atoms with Gasteiger partial charge in [-0.25, -0.2) is 13.6 Å². The Morgan fingerprint density at radius 3 is 2.40 bits per heavy atom. The summed E-state index contributed by atoms with van der Waals surface area (Å²) in [5, 5.41) is 11.6. The molecule has 2 aromatic rings. The van der Waals surface area contributed by atoms with E-state index in [-0.39, 0.29) is 18.4 Å². The Kier molecular flexibility index (Phi) is 6.05. The molecular formula is C18H17F2NO4. The van der Waals surface area contributed by atoms with Crippen LogP contribution < -0.4 is 10.1 Å². The van der Waals surface area contributed by atoms with Crippen molar-refractivity contribution < 1.29 is 28.2 Å². The summed E-state index contributed by atoms with van der Waals surface area (Å²) < 4.78 is 31.5. The van der Waals surface area contributed by atoms with Crippen molar-refractivity contribution in [1.29, 1.82) is 0 Å². The third kappa shape index (κ3) is 5.27. The highest BCUT2D eigenvalue weighted by molar-refractivity contribution is 5.85. The maximum atomic E-state index is 13.6. The number of methoxy groups -OCH3 is 1. The molecule has 7 heteroatoms. The lowest BCUT2D eigenvalue weighted by Gasteiger charge is -2.15. The smallest absolute Gasteiger partial charge is 0.326 e. The molecule has 2 rings (SSSR count). The van der Waals surface area contributed by atoms with Crippen LogP contribution in [0.5, 0.6) is 5.75 Å². The average molecular weight is 349 g/mol. The molecule has 5 nitrogen and oxygen atoms in total. The predicted octanol–water partition coefficient (Wildman–Crippen LogP) is 2.33. The van der Waals surface area contributed by atoms with E-state index in [2.05, 4.69) is 5.32 Å². The van der Waals surface area contributed by atoms with E-state index in [1.54, 1.807) is 24.3 Å². The number of carbonyl (C=O) groups excluding carboxylic acids is 1. The van der Waals surface area contributed by atoms with Gasteiger partial charge in [-0.2, -0.15) is 0 Å². The van der Waals surface area contributed by atoms with Crippen LogP contribution in [-0.4, -0.2) is 30.1 Å². The highest BCUT2D eigenvalue weighted by Gasteiger charge is 2.21. The molecule has 0 saturated carbocycles. The van der Waals surface area contributed by atoms with Crippen molar-refractivity contribution in [1.82, 2.24) is 5.32 Å². The van der Waals surface area contributed by atoms with Crippen molar-refractivity contribution in [2.45, 2.75) is 18.9 Å². The Labute approximate surface area is 143 Å². The first-order valence-electron chi connectivity index (χ1n) is 7.48. The molecule has 0 radical (unpaired) electrons. The molecule has 0 spiro atoms. The number of hydrogen-bond acceptors (Lipinski definition) is 3. The highest BCUT2D eigenvalue weighted by Crippen LogP contribution is 2.13. The monoisotopic (exact) mass is 349 g/mol. The van der Waals surface area contributed by atoms with Crippen LogP contribution in [0.15, 0.2) is 42.5 Å². The van der Waals surface area contributed by atoms with Gasteiger partial charge in [0.05, 0.1) is 13.5 Å². The summed E-state index contributed by atoms with van der Waals surface area (Å²) in [5.74, 6) is -2.83. The zero-order valence-corrected chi connectivity index (χ0v) is 13.5. The van der Waals surface area contributed by atoms with Crippen molar-refractivity contribution in [3.63, 3.8) is 0 Å². The number of ether oxygens (including phenoxy) is 1. The van der Waals surface area contributed by atoms with E-state index in [0.29, 0.717) is 17.4 Å². The van der Waals surface area contributed by atoms with Crippen molar-refractivity contribution in [2.75, 3.05) is 7.11 Å². The predicted molar refractivity (Wildman–Crippen MR) is 86.3 cm³/mol. The molecule has 0 heterocycles. The van der Waals surface area contributed by atoms with Crippen LogP contribution in [-0.2, 0) is 22.4 Å². The molecule has 0 aliphatic carbocycles. The van der Waals surface area contributed by atoms with Gasteiger partial charge in [-0.3, -0.25) is 4.79 Å². The Hall–Kier alpha value is -2.96. The molecule has 1 amide bonds. The molecule has 0 unspecified atom stereocenters. The van der Waals surface area contributed by atoms with E-state index in [9.17, 15) is 23.5 Å². The molecule has 0 fully saturated rings. The van der Waals surface area contributed by atoms with Crippen molar-refractivity contribution >= 4 is 11.9 Å². The quantitative estimate of drug-likeness (QED) is 0.804. The summed E-state index contributed by atoms with van der Waals surface area (Å²) >= 11 is 0. The Morgan fingerprint density at radius 2 is 1.84 bits per heavy atom. The minimum absolute atomic E-state index is 0.00696. The minimum atomic E-state index is -1.20. The Morgan fingerprint density at radius 1 is 1.16 bits per heavy atom. The lowest BCUT2D eigenvalue weighted by molar-refractivity contribution is -0.141. The van der Waals surface area contributed by atoms with E-state index in [1.807, 2.05) is 0 Å². The first-order valence-corrected chi connectivity index (χ1v) is 7.48. The maximum absolute atomic E-state index is 13.6. The molecule has 0 aromatic heterocycles. The van der Waals surface area contributed by atoms with Crippen LogP contribution in [0.2, 0.25) is 0 Å². The average Bonchev–Trinajstić information content (AvgIpc) is 2.57. The van der Waals surface area contributed by atoms with Gasteiger partial charge in [-0.1, -0.05) is 18.2 Å². The Bertz CT molecular complexity index is 762. The van der Waals surface area contributed by atoms with Gasteiger partial charge in [0.2, 0.25) is 5.91 Å². The lowest BCUT2D eigenvalue weighted by atomic mass is 10.0. The maximum Gasteiger partial charge on any atom is 0.326 e. The molecule has 2 N–H and O–H groups in total. The summed E-state index contributed by atoms with van der Waals surface area (Å²) in [6.07, 6.45) is -0.310. The number of rotatable bonds is 7. The summed E-state index contributed by atoms with van der Waals surface area (Å²) in [7, 11) is 1.52. The number of amides is 1. The standard InChI is InChI=1S/C18H17F2NO4/c1-25-14-6-2-11(3-7-14)8-16(18(23)24)21-17(22)9-12-4-5-13(19)10-15(12)20/h2-7,10,16H,8-9H2,1H3,(H,21,22)(H,23,24)/t16-/m1/s1. The number of nitrogens with one attached hydrogen (secondary N) is 1. The zero-order chi connectivity index (χ0) is 18.4. The van der Waals surface area contributed by atoms with Gasteiger partial charge in [0.25, 0.3) is 0 Å². The second kappa shape index (κ2) is 8.23. The normalized spacial score (nSPS) is 11.6. The fourth-order valence-corrected chi connectivity index (χ4v) is 2.28. The van der Waals surface area contributed by atoms with Gasteiger partial charge in [0.1, 0.15) is 23.4 Å². The fraction of sp³-hybridized carbons (Fsp3) is 0.222. The van der Waals surface area contributed by atoms with Crippen LogP contribution in [0.4, 0.5) is 8.78 Å². The fourth-order valence-electron chi connectivity index (χ4n) is 2.28. The van der Waals surface area contributed by atoms with Crippen molar-refractivity contribution in [3.05, 3.63) is 65.2 Å². The second-order valence-electron chi connectivity index (χ2n) is 5.42. The van der Waals surface area contributed by atoms with Crippen molar-refractivity contribution in [3.8, 4) is 5.75 Å². The van der Waals surface area contributed by atoms with Gasteiger partial charge in [-0.05, 0) is 29.3 Å². The number of carboxylic acids is 1. The van der Waals surface area contributed by atoms with Gasteiger partial charge in [0, 0.05) is 12.5 Å². The van der Waals surface area contributed by atoms with Crippen LogP contribution in [0, 0.1) is 11.6 Å². The van der Waals surface area contributed by atoms with E-state index < -0.39 is 29.6 Å². The second-order valence-corrected chi connectivity index (χ2v) is 5.42. The molecule has 2 aromatic carbocycles. The molecule has 0 aliphatic heterocycles. The first kappa shape index (κ1) is 18.4. The summed E-state index contributed by atoms with van der Waals surface area (Å²) in [4.78, 5) is 23.4. The van der Waals surface area contributed by atoms with Gasteiger partial charge in [0.15, 0.2) is 0 Å². The van der Waals surface area contributed by atoms with Gasteiger partial charge < -0.3 is 15.2 Å². The third-order valence-electron chi connectivity index (χ3n) is 3.60. The lowest BCUT2D eigenvalue weighted by Crippen LogP contribution is -2.43. The molecule has 132 valence electrons. The number of aliphatic carboxylic acids is 1. The molecule has 25 heavy (non-hydrogen) atoms.